The van der Waals surface area contributed by atoms with Gasteiger partial charge in [0.2, 0.25) is 5.82 Å². The minimum atomic E-state index is -2.32. The Morgan fingerprint density at radius 1 is 0.818 bits per heavy atom. The van der Waals surface area contributed by atoms with Crippen LogP contribution in [0, 0.1) is 29.1 Å². The van der Waals surface area contributed by atoms with Crippen LogP contribution in [-0.2, 0) is 11.2 Å². The lowest BCUT2D eigenvalue weighted by Crippen LogP contribution is -2.16. The van der Waals surface area contributed by atoms with Crippen LogP contribution in [0.2, 0.25) is 0 Å². The van der Waals surface area contributed by atoms with Gasteiger partial charge in [-0.05, 0) is 5.56 Å². The fourth-order valence-electron chi connectivity index (χ4n) is 1.76. The second-order valence-electron chi connectivity index (χ2n) is 4.32. The molecule has 0 aliphatic rings. The van der Waals surface area contributed by atoms with E-state index in [9.17, 15) is 26.7 Å². The molecule has 0 radical (unpaired) electrons. The first-order chi connectivity index (χ1) is 10.4. The second kappa shape index (κ2) is 6.55. The maximum atomic E-state index is 13.4. The highest BCUT2D eigenvalue weighted by Gasteiger charge is 2.30. The predicted molar refractivity (Wildman–Crippen MR) is 66.7 cm³/mol. The average molecular weight is 316 g/mol. The van der Waals surface area contributed by atoms with E-state index in [0.29, 0.717) is 0 Å². The Morgan fingerprint density at radius 2 is 1.32 bits per heavy atom. The second-order valence-corrected chi connectivity index (χ2v) is 4.32. The van der Waals surface area contributed by atoms with Crippen LogP contribution >= 0.6 is 0 Å². The molecule has 2 nitrogen and oxygen atoms in total. The lowest BCUT2D eigenvalue weighted by Gasteiger charge is -2.08. The Kier molecular flexibility index (Phi) is 4.75. The zero-order valence-corrected chi connectivity index (χ0v) is 11.0. The number of ether oxygens (including phenoxy) is 1. The molecular formula is C15H9F5O2. The maximum absolute atomic E-state index is 13.4. The van der Waals surface area contributed by atoms with Gasteiger partial charge in [0.05, 0.1) is 6.61 Å². The third-order valence-electron chi connectivity index (χ3n) is 2.88. The number of rotatable bonds is 4. The molecule has 2 rings (SSSR count). The van der Waals surface area contributed by atoms with E-state index in [4.69, 9.17) is 0 Å². The molecule has 0 heterocycles. The standard InChI is InChI=1S/C15H9F5O2/c16-10-9(11(17)13(19)14(20)12(10)18)15(21)22-7-6-8-4-2-1-3-5-8/h1-5H,6-7H2. The van der Waals surface area contributed by atoms with Gasteiger partial charge < -0.3 is 4.74 Å². The quantitative estimate of drug-likeness (QED) is 0.371. The molecule has 0 aromatic heterocycles. The fourth-order valence-corrected chi connectivity index (χ4v) is 1.76. The van der Waals surface area contributed by atoms with E-state index in [0.717, 1.165) is 5.56 Å². The summed E-state index contributed by atoms with van der Waals surface area (Å²) in [6.07, 6.45) is 0.238. The van der Waals surface area contributed by atoms with Crippen molar-refractivity contribution in [3.05, 3.63) is 70.5 Å². The van der Waals surface area contributed by atoms with Crippen molar-refractivity contribution in [1.29, 1.82) is 0 Å². The Hall–Kier alpha value is -2.44. The van der Waals surface area contributed by atoms with Crippen molar-refractivity contribution < 1.29 is 31.5 Å². The first-order valence-electron chi connectivity index (χ1n) is 6.16. The van der Waals surface area contributed by atoms with Crippen molar-refractivity contribution in [1.82, 2.24) is 0 Å². The summed E-state index contributed by atoms with van der Waals surface area (Å²) in [5.74, 6) is -12.7. The number of hydrogen-bond acceptors (Lipinski definition) is 2. The summed E-state index contributed by atoms with van der Waals surface area (Å²) >= 11 is 0. The molecule has 2 aromatic carbocycles. The molecule has 0 saturated heterocycles. The predicted octanol–water partition coefficient (Wildman–Crippen LogP) is 3.78. The van der Waals surface area contributed by atoms with Gasteiger partial charge in [-0.1, -0.05) is 30.3 Å². The van der Waals surface area contributed by atoms with Gasteiger partial charge >= 0.3 is 5.97 Å². The van der Waals surface area contributed by atoms with Crippen LogP contribution in [0.25, 0.3) is 0 Å². The highest BCUT2D eigenvalue weighted by Crippen LogP contribution is 2.23. The van der Waals surface area contributed by atoms with E-state index in [-0.39, 0.29) is 13.0 Å². The number of hydrogen-bond donors (Lipinski definition) is 0. The minimum Gasteiger partial charge on any atom is -0.462 e. The van der Waals surface area contributed by atoms with Crippen molar-refractivity contribution in [2.45, 2.75) is 6.42 Å². The molecular weight excluding hydrogens is 307 g/mol. The van der Waals surface area contributed by atoms with E-state index >= 15 is 0 Å². The highest BCUT2D eigenvalue weighted by atomic mass is 19.2. The summed E-state index contributed by atoms with van der Waals surface area (Å²) in [6, 6.07) is 8.70. The van der Waals surface area contributed by atoms with Crippen molar-refractivity contribution in [2.75, 3.05) is 6.61 Å². The molecule has 0 aliphatic carbocycles. The van der Waals surface area contributed by atoms with Gasteiger partial charge in [-0.15, -0.1) is 0 Å². The van der Waals surface area contributed by atoms with Gasteiger partial charge in [0.15, 0.2) is 23.3 Å². The smallest absolute Gasteiger partial charge is 0.344 e. The van der Waals surface area contributed by atoms with Gasteiger partial charge in [0.25, 0.3) is 0 Å². The molecule has 7 heteroatoms. The zero-order valence-electron chi connectivity index (χ0n) is 11.0. The van der Waals surface area contributed by atoms with Crippen molar-refractivity contribution >= 4 is 5.97 Å². The molecule has 22 heavy (non-hydrogen) atoms. The number of halogens is 5. The molecule has 0 spiro atoms. The van der Waals surface area contributed by atoms with E-state index in [1.54, 1.807) is 30.3 Å². The normalized spacial score (nSPS) is 10.6. The molecule has 0 amide bonds. The summed E-state index contributed by atoms with van der Waals surface area (Å²) in [6.45, 7) is -0.262. The monoisotopic (exact) mass is 316 g/mol. The third-order valence-corrected chi connectivity index (χ3v) is 2.88. The molecule has 0 atom stereocenters. The maximum Gasteiger partial charge on any atom is 0.344 e. The molecule has 0 aliphatic heterocycles. The van der Waals surface area contributed by atoms with Crippen LogP contribution in [0.5, 0.6) is 0 Å². The van der Waals surface area contributed by atoms with Crippen molar-refractivity contribution in [2.24, 2.45) is 0 Å². The summed E-state index contributed by atoms with van der Waals surface area (Å²) in [5.41, 5.74) is -0.808. The Balaban J connectivity index is 2.13. The van der Waals surface area contributed by atoms with Gasteiger partial charge in [-0.2, -0.15) is 0 Å². The molecule has 0 unspecified atom stereocenters. The molecule has 0 N–H and O–H groups in total. The molecule has 2 aromatic rings. The van der Waals surface area contributed by atoms with Gasteiger partial charge in [0, 0.05) is 6.42 Å². The number of carbonyl (C=O) groups excluding carboxylic acids is 1. The Labute approximate surface area is 122 Å². The number of esters is 1. The van der Waals surface area contributed by atoms with Crippen LogP contribution in [0.4, 0.5) is 22.0 Å². The molecule has 0 saturated carbocycles. The minimum absolute atomic E-state index is 0.238. The van der Waals surface area contributed by atoms with Gasteiger partial charge in [-0.3, -0.25) is 0 Å². The average Bonchev–Trinajstić information content (AvgIpc) is 2.52. The SMILES string of the molecule is O=C(OCCc1ccccc1)c1c(F)c(F)c(F)c(F)c1F. The highest BCUT2D eigenvalue weighted by molar-refractivity contribution is 5.90. The first kappa shape index (κ1) is 15.9. The van der Waals surface area contributed by atoms with Crippen LogP contribution in [-0.4, -0.2) is 12.6 Å². The van der Waals surface area contributed by atoms with Crippen LogP contribution < -0.4 is 0 Å². The lowest BCUT2D eigenvalue weighted by molar-refractivity contribution is 0.0494. The summed E-state index contributed by atoms with van der Waals surface area (Å²) < 4.78 is 70.1. The Bertz CT molecular complexity index is 672. The van der Waals surface area contributed by atoms with E-state index in [2.05, 4.69) is 4.74 Å². The van der Waals surface area contributed by atoms with Crippen LogP contribution in [0.1, 0.15) is 15.9 Å². The first-order valence-corrected chi connectivity index (χ1v) is 6.16. The van der Waals surface area contributed by atoms with Crippen molar-refractivity contribution in [3.8, 4) is 0 Å². The Morgan fingerprint density at radius 3 is 1.86 bits per heavy atom. The van der Waals surface area contributed by atoms with Crippen molar-refractivity contribution in [3.63, 3.8) is 0 Å². The topological polar surface area (TPSA) is 26.3 Å². The number of benzene rings is 2. The van der Waals surface area contributed by atoms with E-state index in [1.807, 2.05) is 0 Å². The van der Waals surface area contributed by atoms with Gasteiger partial charge in [0.1, 0.15) is 5.56 Å². The van der Waals surface area contributed by atoms with Crippen LogP contribution in [0.15, 0.2) is 30.3 Å². The molecule has 0 bridgehead atoms. The molecule has 0 fully saturated rings. The van der Waals surface area contributed by atoms with E-state index in [1.165, 1.54) is 0 Å². The summed E-state index contributed by atoms with van der Waals surface area (Å²) in [7, 11) is 0. The lowest BCUT2D eigenvalue weighted by atomic mass is 10.1. The van der Waals surface area contributed by atoms with Gasteiger partial charge in [-0.25, -0.2) is 26.7 Å². The fraction of sp³-hybridized carbons (Fsp3) is 0.133. The summed E-state index contributed by atoms with van der Waals surface area (Å²) in [4.78, 5) is 11.5. The summed E-state index contributed by atoms with van der Waals surface area (Å²) in [5, 5.41) is 0. The van der Waals surface area contributed by atoms with E-state index < -0.39 is 40.6 Å². The molecule has 116 valence electrons. The van der Waals surface area contributed by atoms with Crippen LogP contribution in [0.3, 0.4) is 0 Å². The third kappa shape index (κ3) is 3.08. The largest absolute Gasteiger partial charge is 0.462 e. The number of carbonyl (C=O) groups is 1. The zero-order chi connectivity index (χ0) is 16.3.